The monoisotopic (exact) mass is 427 g/mol. The second kappa shape index (κ2) is 11.3. The summed E-state index contributed by atoms with van der Waals surface area (Å²) in [6.45, 7) is 5.12. The fourth-order valence-corrected chi connectivity index (χ4v) is 4.83. The fourth-order valence-electron chi connectivity index (χ4n) is 4.83. The predicted molar refractivity (Wildman–Crippen MR) is 121 cm³/mol. The molecule has 2 aliphatic rings. The van der Waals surface area contributed by atoms with Gasteiger partial charge < -0.3 is 15.5 Å². The molecule has 2 atom stereocenters. The summed E-state index contributed by atoms with van der Waals surface area (Å²) in [6, 6.07) is 8.75. The van der Waals surface area contributed by atoms with Gasteiger partial charge in [-0.3, -0.25) is 14.4 Å². The molecule has 0 aromatic heterocycles. The van der Waals surface area contributed by atoms with E-state index >= 15 is 0 Å². The first-order valence-corrected chi connectivity index (χ1v) is 11.9. The number of carbonyl (C=O) groups excluding carboxylic acids is 3. The molecule has 6 heteroatoms. The third kappa shape index (κ3) is 6.81. The van der Waals surface area contributed by atoms with Crippen LogP contribution in [0.25, 0.3) is 0 Å². The van der Waals surface area contributed by atoms with Crippen LogP contribution in [0.2, 0.25) is 0 Å². The van der Waals surface area contributed by atoms with Crippen LogP contribution in [0.5, 0.6) is 0 Å². The molecule has 3 rings (SSSR count). The Kier molecular flexibility index (Phi) is 8.50. The van der Waals surface area contributed by atoms with E-state index in [-0.39, 0.29) is 23.6 Å². The first-order chi connectivity index (χ1) is 14.9. The average molecular weight is 428 g/mol. The molecule has 1 saturated heterocycles. The van der Waals surface area contributed by atoms with Crippen molar-refractivity contribution in [3.63, 3.8) is 0 Å². The molecular formula is C25H37N3O3. The van der Waals surface area contributed by atoms with Gasteiger partial charge in [0.05, 0.1) is 0 Å². The van der Waals surface area contributed by atoms with Crippen LogP contribution in [0.4, 0.5) is 0 Å². The van der Waals surface area contributed by atoms with E-state index in [0.29, 0.717) is 38.3 Å². The van der Waals surface area contributed by atoms with Crippen molar-refractivity contribution < 1.29 is 14.4 Å². The summed E-state index contributed by atoms with van der Waals surface area (Å²) in [7, 11) is 0. The van der Waals surface area contributed by atoms with E-state index in [0.717, 1.165) is 24.8 Å². The lowest BCUT2D eigenvalue weighted by Crippen LogP contribution is -2.53. The van der Waals surface area contributed by atoms with E-state index in [9.17, 15) is 14.4 Å². The molecule has 1 aromatic carbocycles. The Labute approximate surface area is 186 Å². The summed E-state index contributed by atoms with van der Waals surface area (Å²) in [5.41, 5.74) is 1.03. The van der Waals surface area contributed by atoms with Gasteiger partial charge in [0.25, 0.3) is 0 Å². The maximum atomic E-state index is 13.4. The molecule has 2 fully saturated rings. The minimum Gasteiger partial charge on any atom is -0.350 e. The first-order valence-electron chi connectivity index (χ1n) is 11.9. The SMILES string of the molecule is CC(C)C[C@H](NC(=O)CC1CCCC1)C(=O)N1CCC[C@H]1C(=O)NCc1ccccc1. The van der Waals surface area contributed by atoms with Gasteiger partial charge >= 0.3 is 0 Å². The molecular weight excluding hydrogens is 390 g/mol. The number of nitrogens with zero attached hydrogens (tertiary/aromatic N) is 1. The normalized spacial score (nSPS) is 20.1. The number of benzene rings is 1. The topological polar surface area (TPSA) is 78.5 Å². The lowest BCUT2D eigenvalue weighted by Gasteiger charge is -2.29. The fraction of sp³-hybridized carbons (Fsp3) is 0.640. The van der Waals surface area contributed by atoms with E-state index in [1.54, 1.807) is 4.90 Å². The van der Waals surface area contributed by atoms with Crippen molar-refractivity contribution in [3.05, 3.63) is 35.9 Å². The third-order valence-electron chi connectivity index (χ3n) is 6.44. The number of rotatable bonds is 9. The van der Waals surface area contributed by atoms with Crippen LogP contribution in [0.15, 0.2) is 30.3 Å². The first kappa shape index (κ1) is 23.3. The lowest BCUT2D eigenvalue weighted by atomic mass is 10.00. The van der Waals surface area contributed by atoms with E-state index < -0.39 is 12.1 Å². The summed E-state index contributed by atoms with van der Waals surface area (Å²) in [4.78, 5) is 40.5. The van der Waals surface area contributed by atoms with E-state index in [2.05, 4.69) is 24.5 Å². The number of carbonyl (C=O) groups is 3. The molecule has 0 spiro atoms. The third-order valence-corrected chi connectivity index (χ3v) is 6.44. The van der Waals surface area contributed by atoms with Gasteiger partial charge in [0, 0.05) is 19.5 Å². The Morgan fingerprint density at radius 3 is 2.42 bits per heavy atom. The van der Waals surface area contributed by atoms with E-state index in [4.69, 9.17) is 0 Å². The smallest absolute Gasteiger partial charge is 0.245 e. The van der Waals surface area contributed by atoms with Crippen molar-refractivity contribution in [3.8, 4) is 0 Å². The Hall–Kier alpha value is -2.37. The van der Waals surface area contributed by atoms with Crippen LogP contribution >= 0.6 is 0 Å². The zero-order valence-corrected chi connectivity index (χ0v) is 18.9. The van der Waals surface area contributed by atoms with Crippen LogP contribution < -0.4 is 10.6 Å². The van der Waals surface area contributed by atoms with E-state index in [1.165, 1.54) is 12.8 Å². The minimum absolute atomic E-state index is 0.0322. The van der Waals surface area contributed by atoms with Crippen molar-refractivity contribution in [2.24, 2.45) is 11.8 Å². The summed E-state index contributed by atoms with van der Waals surface area (Å²) >= 11 is 0. The lowest BCUT2D eigenvalue weighted by molar-refractivity contribution is -0.141. The van der Waals surface area contributed by atoms with Gasteiger partial charge in [0.1, 0.15) is 12.1 Å². The summed E-state index contributed by atoms with van der Waals surface area (Å²) in [5, 5.41) is 5.98. The number of amides is 3. The molecule has 0 unspecified atom stereocenters. The largest absolute Gasteiger partial charge is 0.350 e. The highest BCUT2D eigenvalue weighted by Crippen LogP contribution is 2.27. The number of hydrogen-bond donors (Lipinski definition) is 2. The maximum Gasteiger partial charge on any atom is 0.245 e. The Morgan fingerprint density at radius 2 is 1.74 bits per heavy atom. The molecule has 6 nitrogen and oxygen atoms in total. The Balaban J connectivity index is 1.59. The summed E-state index contributed by atoms with van der Waals surface area (Å²) < 4.78 is 0. The molecule has 1 aliphatic heterocycles. The van der Waals surface area contributed by atoms with Crippen LogP contribution in [-0.2, 0) is 20.9 Å². The highest BCUT2D eigenvalue weighted by molar-refractivity contribution is 5.92. The highest BCUT2D eigenvalue weighted by Gasteiger charge is 2.37. The average Bonchev–Trinajstić information content (AvgIpc) is 3.43. The second-order valence-electron chi connectivity index (χ2n) is 9.50. The molecule has 2 N–H and O–H groups in total. The molecule has 3 amide bonds. The quantitative estimate of drug-likeness (QED) is 0.634. The van der Waals surface area contributed by atoms with E-state index in [1.807, 2.05) is 30.3 Å². The second-order valence-corrected chi connectivity index (χ2v) is 9.50. The van der Waals surface area contributed by atoms with Gasteiger partial charge in [0.15, 0.2) is 0 Å². The van der Waals surface area contributed by atoms with Crippen molar-refractivity contribution in [1.29, 1.82) is 0 Å². The molecule has 1 aliphatic carbocycles. The van der Waals surface area contributed by atoms with Crippen molar-refractivity contribution in [2.75, 3.05) is 6.54 Å². The molecule has 0 bridgehead atoms. The van der Waals surface area contributed by atoms with Gasteiger partial charge in [0.2, 0.25) is 17.7 Å². The molecule has 1 saturated carbocycles. The molecule has 0 radical (unpaired) electrons. The van der Waals surface area contributed by atoms with Crippen LogP contribution in [-0.4, -0.2) is 41.2 Å². The van der Waals surface area contributed by atoms with Gasteiger partial charge in [-0.1, -0.05) is 57.0 Å². The number of hydrogen-bond acceptors (Lipinski definition) is 3. The van der Waals surface area contributed by atoms with Gasteiger partial charge in [-0.05, 0) is 49.5 Å². The summed E-state index contributed by atoms with van der Waals surface area (Å²) in [5.74, 6) is 0.447. The van der Waals surface area contributed by atoms with Crippen LogP contribution in [0, 0.1) is 11.8 Å². The van der Waals surface area contributed by atoms with Crippen LogP contribution in [0.3, 0.4) is 0 Å². The number of nitrogens with one attached hydrogen (secondary N) is 2. The molecule has 31 heavy (non-hydrogen) atoms. The number of likely N-dealkylation sites (tertiary alicyclic amines) is 1. The van der Waals surface area contributed by atoms with Gasteiger partial charge in [-0.2, -0.15) is 0 Å². The summed E-state index contributed by atoms with van der Waals surface area (Å²) in [6.07, 6.45) is 7.15. The molecule has 1 aromatic rings. The highest BCUT2D eigenvalue weighted by atomic mass is 16.2. The maximum absolute atomic E-state index is 13.4. The molecule has 170 valence electrons. The minimum atomic E-state index is -0.559. The Bertz CT molecular complexity index is 744. The standard InChI is InChI=1S/C25H37N3O3/c1-18(2)15-21(27-23(29)16-19-9-6-7-10-19)25(31)28-14-8-13-22(28)24(30)26-17-20-11-4-3-5-12-20/h3-5,11-12,18-19,21-22H,6-10,13-17H2,1-2H3,(H,26,30)(H,27,29)/t21-,22-/m0/s1. The van der Waals surface area contributed by atoms with Crippen LogP contribution in [0.1, 0.15) is 70.8 Å². The predicted octanol–water partition coefficient (Wildman–Crippen LogP) is 3.41. The Morgan fingerprint density at radius 1 is 1.03 bits per heavy atom. The van der Waals surface area contributed by atoms with Crippen molar-refractivity contribution in [1.82, 2.24) is 15.5 Å². The zero-order chi connectivity index (χ0) is 22.2. The van der Waals surface area contributed by atoms with Crippen molar-refractivity contribution in [2.45, 2.75) is 83.8 Å². The van der Waals surface area contributed by atoms with Crippen molar-refractivity contribution >= 4 is 17.7 Å². The zero-order valence-electron chi connectivity index (χ0n) is 18.9. The van der Waals surface area contributed by atoms with Gasteiger partial charge in [-0.25, -0.2) is 0 Å². The van der Waals surface area contributed by atoms with Gasteiger partial charge in [-0.15, -0.1) is 0 Å². The molecule has 1 heterocycles.